The Kier molecular flexibility index (Phi) is 5.11. The molecule has 0 unspecified atom stereocenters. The van der Waals surface area contributed by atoms with Crippen molar-refractivity contribution in [3.05, 3.63) is 30.1 Å². The molecule has 2 aliphatic rings. The molecule has 5 rings (SSSR count). The van der Waals surface area contributed by atoms with E-state index in [1.165, 1.54) is 4.90 Å². The smallest absolute Gasteiger partial charge is 0.413 e. The standard InChI is InChI=1S/C23H25N7O4/c1-12-14(9-27-21-19(12)25-4-5-33-21)16-6-13-7-17(26-10-15(13)20(24)28-16)29-22(32)34-23(2)8-18(31)30(3)11-23/h6-7,9-10,25H,4-5,8,11H2,1-3H3,(H2,24,28)(H,26,29,32)/t23-/m0/s1. The van der Waals surface area contributed by atoms with Crippen molar-refractivity contribution in [3.8, 4) is 17.1 Å². The third-order valence-electron chi connectivity index (χ3n) is 6.06. The Morgan fingerprint density at radius 2 is 2.15 bits per heavy atom. The molecule has 5 heterocycles. The third kappa shape index (κ3) is 3.89. The summed E-state index contributed by atoms with van der Waals surface area (Å²) in [6, 6.07) is 3.57. The number of likely N-dealkylation sites (tertiary alicyclic amines) is 1. The summed E-state index contributed by atoms with van der Waals surface area (Å²) in [5.74, 6) is 1.11. The highest BCUT2D eigenvalue weighted by Gasteiger charge is 2.41. The maximum absolute atomic E-state index is 12.5. The molecule has 3 aromatic heterocycles. The molecule has 1 atom stereocenters. The zero-order valence-corrected chi connectivity index (χ0v) is 19.1. The number of fused-ring (bicyclic) bond motifs is 2. The average molecular weight is 463 g/mol. The van der Waals surface area contributed by atoms with Gasteiger partial charge in [-0.05, 0) is 36.9 Å². The number of anilines is 3. The predicted octanol–water partition coefficient (Wildman–Crippen LogP) is 2.56. The van der Waals surface area contributed by atoms with Crippen LogP contribution in [0, 0.1) is 6.92 Å². The van der Waals surface area contributed by atoms with Crippen molar-refractivity contribution in [2.24, 2.45) is 0 Å². The molecule has 176 valence electrons. The largest absolute Gasteiger partial charge is 0.474 e. The van der Waals surface area contributed by atoms with E-state index in [-0.39, 0.29) is 12.3 Å². The van der Waals surface area contributed by atoms with Crippen LogP contribution in [0.15, 0.2) is 24.5 Å². The monoisotopic (exact) mass is 463 g/mol. The van der Waals surface area contributed by atoms with Gasteiger partial charge < -0.3 is 25.4 Å². The molecule has 0 radical (unpaired) electrons. The lowest BCUT2D eigenvalue weighted by Crippen LogP contribution is -2.36. The maximum Gasteiger partial charge on any atom is 0.413 e. The number of nitrogens with zero attached hydrogens (tertiary/aromatic N) is 4. The molecule has 0 bridgehead atoms. The van der Waals surface area contributed by atoms with Crippen molar-refractivity contribution < 1.29 is 19.1 Å². The van der Waals surface area contributed by atoms with Crippen LogP contribution in [-0.2, 0) is 9.53 Å². The zero-order chi connectivity index (χ0) is 24.0. The number of aromatic nitrogens is 3. The molecule has 4 N–H and O–H groups in total. The maximum atomic E-state index is 12.5. The van der Waals surface area contributed by atoms with E-state index in [1.54, 1.807) is 32.4 Å². The molecule has 0 aliphatic carbocycles. The summed E-state index contributed by atoms with van der Waals surface area (Å²) >= 11 is 0. The minimum atomic E-state index is -0.886. The average Bonchev–Trinajstić information content (AvgIpc) is 3.04. The lowest BCUT2D eigenvalue weighted by molar-refractivity contribution is -0.126. The molecule has 0 saturated carbocycles. The number of hydrogen-bond donors (Lipinski definition) is 3. The van der Waals surface area contributed by atoms with Gasteiger partial charge in [0.25, 0.3) is 0 Å². The fraction of sp³-hybridized carbons (Fsp3) is 0.348. The van der Waals surface area contributed by atoms with Gasteiger partial charge >= 0.3 is 6.09 Å². The van der Waals surface area contributed by atoms with Crippen LogP contribution < -0.4 is 21.1 Å². The first kappa shape index (κ1) is 21.7. The van der Waals surface area contributed by atoms with E-state index in [4.69, 9.17) is 15.2 Å². The Hall–Kier alpha value is -4.15. The summed E-state index contributed by atoms with van der Waals surface area (Å²) < 4.78 is 11.1. The van der Waals surface area contributed by atoms with Gasteiger partial charge in [-0.1, -0.05) is 0 Å². The first-order valence-corrected chi connectivity index (χ1v) is 10.9. The van der Waals surface area contributed by atoms with Crippen molar-refractivity contribution >= 4 is 40.1 Å². The van der Waals surface area contributed by atoms with Crippen molar-refractivity contribution in [2.45, 2.75) is 25.9 Å². The van der Waals surface area contributed by atoms with E-state index in [0.717, 1.165) is 22.2 Å². The number of ether oxygens (including phenoxy) is 2. The van der Waals surface area contributed by atoms with Crippen LogP contribution in [-0.4, -0.2) is 64.2 Å². The molecular weight excluding hydrogens is 438 g/mol. The lowest BCUT2D eigenvalue weighted by Gasteiger charge is -2.23. The third-order valence-corrected chi connectivity index (χ3v) is 6.06. The van der Waals surface area contributed by atoms with Crippen molar-refractivity contribution in [2.75, 3.05) is 43.1 Å². The molecule has 3 aromatic rings. The first-order chi connectivity index (χ1) is 16.2. The Bertz CT molecular complexity index is 1330. The second-order valence-electron chi connectivity index (χ2n) is 8.83. The second kappa shape index (κ2) is 8.01. The van der Waals surface area contributed by atoms with Gasteiger partial charge in [-0.25, -0.2) is 19.7 Å². The van der Waals surface area contributed by atoms with E-state index in [1.807, 2.05) is 13.0 Å². The summed E-state index contributed by atoms with van der Waals surface area (Å²) in [6.07, 6.45) is 2.73. The van der Waals surface area contributed by atoms with Gasteiger partial charge in [0.1, 0.15) is 29.5 Å². The molecular formula is C23H25N7O4. The van der Waals surface area contributed by atoms with Crippen LogP contribution in [0.4, 0.5) is 22.1 Å². The van der Waals surface area contributed by atoms with Crippen LogP contribution >= 0.6 is 0 Å². The molecule has 0 spiro atoms. The van der Waals surface area contributed by atoms with E-state index >= 15 is 0 Å². The normalized spacial score (nSPS) is 19.4. The summed E-state index contributed by atoms with van der Waals surface area (Å²) in [5, 5.41) is 7.37. The van der Waals surface area contributed by atoms with Crippen molar-refractivity contribution in [1.82, 2.24) is 19.9 Å². The number of pyridine rings is 3. The highest BCUT2D eigenvalue weighted by molar-refractivity contribution is 5.96. The number of amides is 2. The van der Waals surface area contributed by atoms with Gasteiger partial charge in [-0.2, -0.15) is 0 Å². The molecule has 11 nitrogen and oxygen atoms in total. The second-order valence-corrected chi connectivity index (χ2v) is 8.83. The van der Waals surface area contributed by atoms with Crippen LogP contribution in [0.5, 0.6) is 5.88 Å². The minimum absolute atomic E-state index is 0.0663. The van der Waals surface area contributed by atoms with E-state index in [2.05, 4.69) is 25.6 Å². The number of carbonyl (C=O) groups excluding carboxylic acids is 2. The van der Waals surface area contributed by atoms with Gasteiger partial charge in [0.15, 0.2) is 0 Å². The van der Waals surface area contributed by atoms with E-state index in [9.17, 15) is 9.59 Å². The molecule has 34 heavy (non-hydrogen) atoms. The van der Waals surface area contributed by atoms with Crippen LogP contribution in [0.3, 0.4) is 0 Å². The Morgan fingerprint density at radius 1 is 1.32 bits per heavy atom. The zero-order valence-electron chi connectivity index (χ0n) is 19.1. The summed E-state index contributed by atoms with van der Waals surface area (Å²) in [4.78, 5) is 39.1. The number of carbonyl (C=O) groups is 2. The summed E-state index contributed by atoms with van der Waals surface area (Å²) in [7, 11) is 1.68. The molecule has 2 aliphatic heterocycles. The van der Waals surface area contributed by atoms with Gasteiger partial charge in [0.2, 0.25) is 11.8 Å². The topological polar surface area (TPSA) is 145 Å². The quantitative estimate of drug-likeness (QED) is 0.533. The number of rotatable bonds is 3. The summed E-state index contributed by atoms with van der Waals surface area (Å²) in [5.41, 5.74) is 8.60. The number of nitrogens with two attached hydrogens (primary N) is 1. The minimum Gasteiger partial charge on any atom is -0.474 e. The van der Waals surface area contributed by atoms with Gasteiger partial charge in [-0.15, -0.1) is 0 Å². The first-order valence-electron chi connectivity index (χ1n) is 10.9. The van der Waals surface area contributed by atoms with Gasteiger partial charge in [0.05, 0.1) is 18.7 Å². The van der Waals surface area contributed by atoms with E-state index < -0.39 is 11.7 Å². The van der Waals surface area contributed by atoms with Crippen molar-refractivity contribution in [3.63, 3.8) is 0 Å². The van der Waals surface area contributed by atoms with Crippen LogP contribution in [0.2, 0.25) is 0 Å². The fourth-order valence-electron chi connectivity index (χ4n) is 4.38. The molecule has 0 aromatic carbocycles. The Balaban J connectivity index is 1.42. The number of hydrogen-bond acceptors (Lipinski definition) is 9. The van der Waals surface area contributed by atoms with Gasteiger partial charge in [0, 0.05) is 36.9 Å². The Labute approximate surface area is 195 Å². The molecule has 11 heteroatoms. The Morgan fingerprint density at radius 3 is 2.91 bits per heavy atom. The van der Waals surface area contributed by atoms with Crippen LogP contribution in [0.25, 0.3) is 22.0 Å². The van der Waals surface area contributed by atoms with E-state index in [0.29, 0.717) is 48.3 Å². The number of likely N-dealkylation sites (N-methyl/N-ethyl adjacent to an activating group) is 1. The van der Waals surface area contributed by atoms with Crippen molar-refractivity contribution in [1.29, 1.82) is 0 Å². The van der Waals surface area contributed by atoms with Crippen LogP contribution in [0.1, 0.15) is 18.9 Å². The lowest BCUT2D eigenvalue weighted by atomic mass is 10.0. The summed E-state index contributed by atoms with van der Waals surface area (Å²) in [6.45, 7) is 5.31. The highest BCUT2D eigenvalue weighted by Crippen LogP contribution is 2.36. The molecule has 1 saturated heterocycles. The molecule has 1 fully saturated rings. The molecule has 2 amide bonds. The SMILES string of the molecule is Cc1c(-c2cc3cc(NC(=O)O[C@@]4(C)CC(=O)N(C)C4)ncc3c(N)n2)cnc2c1NCCO2. The van der Waals surface area contributed by atoms with Gasteiger partial charge in [-0.3, -0.25) is 10.1 Å². The number of nitrogens with one attached hydrogen (secondary N) is 2. The number of nitrogen functional groups attached to an aromatic ring is 1. The highest BCUT2D eigenvalue weighted by atomic mass is 16.6. The fourth-order valence-corrected chi connectivity index (χ4v) is 4.38. The predicted molar refractivity (Wildman–Crippen MR) is 127 cm³/mol.